The van der Waals surface area contributed by atoms with Gasteiger partial charge in [0.25, 0.3) is 11.5 Å². The van der Waals surface area contributed by atoms with Crippen LogP contribution in [0.25, 0.3) is 11.7 Å². The number of hydrogen-bond acceptors (Lipinski definition) is 6. The van der Waals surface area contributed by atoms with Crippen molar-refractivity contribution in [1.82, 2.24) is 14.3 Å². The first kappa shape index (κ1) is 23.0. The van der Waals surface area contributed by atoms with Crippen molar-refractivity contribution in [3.8, 4) is 0 Å². The predicted molar refractivity (Wildman–Crippen MR) is 136 cm³/mol. The molecular weight excluding hydrogens is 440 g/mol. The Hall–Kier alpha value is -2.19. The summed E-state index contributed by atoms with van der Waals surface area (Å²) in [6.45, 7) is 12.1. The Kier molecular flexibility index (Phi) is 6.45. The molecule has 8 heteroatoms. The van der Waals surface area contributed by atoms with E-state index in [1.807, 2.05) is 32.9 Å². The number of pyridine rings is 1. The fraction of sp³-hybridized carbons (Fsp3) is 0.500. The van der Waals surface area contributed by atoms with Crippen molar-refractivity contribution in [3.63, 3.8) is 0 Å². The van der Waals surface area contributed by atoms with Gasteiger partial charge in [0.1, 0.15) is 15.8 Å². The Morgan fingerprint density at radius 3 is 2.59 bits per heavy atom. The quantitative estimate of drug-likeness (QED) is 0.485. The lowest BCUT2D eigenvalue weighted by atomic mass is 9.91. The summed E-state index contributed by atoms with van der Waals surface area (Å²) in [6.07, 6.45) is 5.49. The minimum absolute atomic E-state index is 0.0233. The molecule has 32 heavy (non-hydrogen) atoms. The number of rotatable bonds is 4. The molecular formula is C24H30N4O2S2. The zero-order valence-corrected chi connectivity index (χ0v) is 20.9. The molecule has 0 radical (unpaired) electrons. The van der Waals surface area contributed by atoms with Crippen LogP contribution in [0.3, 0.4) is 0 Å². The fourth-order valence-electron chi connectivity index (χ4n) is 4.62. The molecule has 0 spiro atoms. The fourth-order valence-corrected chi connectivity index (χ4v) is 6.07. The molecule has 2 fully saturated rings. The zero-order chi connectivity index (χ0) is 23.2. The maximum atomic E-state index is 13.6. The van der Waals surface area contributed by atoms with E-state index >= 15 is 0 Å². The van der Waals surface area contributed by atoms with E-state index in [2.05, 4.69) is 18.7 Å². The zero-order valence-electron chi connectivity index (χ0n) is 19.3. The van der Waals surface area contributed by atoms with E-state index in [-0.39, 0.29) is 17.5 Å². The first-order valence-corrected chi connectivity index (χ1v) is 12.5. The second-order valence-electron chi connectivity index (χ2n) is 9.25. The van der Waals surface area contributed by atoms with Crippen LogP contribution in [0.4, 0.5) is 5.82 Å². The average Bonchev–Trinajstić information content (AvgIpc) is 3.02. The molecule has 0 bridgehead atoms. The van der Waals surface area contributed by atoms with Crippen LogP contribution in [-0.2, 0) is 4.79 Å². The van der Waals surface area contributed by atoms with Gasteiger partial charge in [0.2, 0.25) is 0 Å². The van der Waals surface area contributed by atoms with Gasteiger partial charge in [-0.3, -0.25) is 18.9 Å². The molecule has 6 nitrogen and oxygen atoms in total. The monoisotopic (exact) mass is 470 g/mol. The largest absolute Gasteiger partial charge is 0.355 e. The SMILES string of the molecule is CC[C@@H](C)N1C(=O)/C(=C/c2c(N3C[C@@H](C)C[C@H](C)C3)nc3ccc(C)cn3c2=O)SC1=S. The molecule has 0 aromatic carbocycles. The van der Waals surface area contributed by atoms with Crippen LogP contribution in [0.15, 0.2) is 28.0 Å². The van der Waals surface area contributed by atoms with Crippen LogP contribution in [0, 0.1) is 18.8 Å². The number of carbonyl (C=O) groups is 1. The van der Waals surface area contributed by atoms with E-state index in [9.17, 15) is 9.59 Å². The molecule has 2 aliphatic heterocycles. The smallest absolute Gasteiger partial charge is 0.267 e. The minimum atomic E-state index is -0.159. The van der Waals surface area contributed by atoms with Crippen molar-refractivity contribution in [1.29, 1.82) is 0 Å². The van der Waals surface area contributed by atoms with Crippen molar-refractivity contribution < 1.29 is 4.79 Å². The summed E-state index contributed by atoms with van der Waals surface area (Å²) in [5.74, 6) is 1.54. The van der Waals surface area contributed by atoms with Crippen LogP contribution in [0.1, 0.15) is 51.7 Å². The van der Waals surface area contributed by atoms with E-state index in [4.69, 9.17) is 17.2 Å². The van der Waals surface area contributed by atoms with E-state index in [0.29, 0.717) is 38.1 Å². The number of thiocarbonyl (C=S) groups is 1. The van der Waals surface area contributed by atoms with Gasteiger partial charge >= 0.3 is 0 Å². The predicted octanol–water partition coefficient (Wildman–Crippen LogP) is 4.48. The van der Waals surface area contributed by atoms with E-state index in [1.54, 1.807) is 21.6 Å². The molecule has 0 N–H and O–H groups in total. The molecule has 2 aromatic rings. The standard InChI is InChI=1S/C24H30N4O2S2/c1-6-17(5)28-23(30)19(32-24(28)31)10-18-21(26-11-15(3)9-16(4)12-26)25-20-8-7-14(2)13-27(20)22(18)29/h7-8,10,13,15-17H,6,9,11-12H2,1-5H3/b19-10-/t15-,16-,17+/m0/s1. The lowest BCUT2D eigenvalue weighted by molar-refractivity contribution is -0.123. The molecule has 0 aliphatic carbocycles. The summed E-state index contributed by atoms with van der Waals surface area (Å²) in [5, 5.41) is 0. The highest BCUT2D eigenvalue weighted by Gasteiger charge is 2.35. The first-order chi connectivity index (χ1) is 15.2. The average molecular weight is 471 g/mol. The van der Waals surface area contributed by atoms with Gasteiger partial charge in [-0.2, -0.15) is 0 Å². The molecule has 2 aromatic heterocycles. The molecule has 4 heterocycles. The number of fused-ring (bicyclic) bond motifs is 1. The third-order valence-corrected chi connectivity index (χ3v) is 7.61. The summed E-state index contributed by atoms with van der Waals surface area (Å²) < 4.78 is 2.12. The summed E-state index contributed by atoms with van der Waals surface area (Å²) in [5.41, 5.74) is 1.89. The lowest BCUT2D eigenvalue weighted by Gasteiger charge is -2.36. The first-order valence-electron chi connectivity index (χ1n) is 11.2. The Balaban J connectivity index is 1.88. The highest BCUT2D eigenvalue weighted by atomic mass is 32.2. The van der Waals surface area contributed by atoms with Crippen molar-refractivity contribution in [3.05, 3.63) is 44.7 Å². The topological polar surface area (TPSA) is 57.9 Å². The highest BCUT2D eigenvalue weighted by Crippen LogP contribution is 2.36. The van der Waals surface area contributed by atoms with Gasteiger partial charge in [-0.1, -0.05) is 50.8 Å². The van der Waals surface area contributed by atoms with E-state index < -0.39 is 0 Å². The Morgan fingerprint density at radius 1 is 1.25 bits per heavy atom. The highest BCUT2D eigenvalue weighted by molar-refractivity contribution is 8.26. The van der Waals surface area contributed by atoms with Gasteiger partial charge < -0.3 is 4.90 Å². The van der Waals surface area contributed by atoms with Crippen molar-refractivity contribution >= 4 is 51.7 Å². The third-order valence-electron chi connectivity index (χ3n) is 6.28. The van der Waals surface area contributed by atoms with Crippen LogP contribution < -0.4 is 10.5 Å². The second kappa shape index (κ2) is 8.98. The van der Waals surface area contributed by atoms with Gasteiger partial charge in [0.15, 0.2) is 0 Å². The molecule has 3 atom stereocenters. The summed E-state index contributed by atoms with van der Waals surface area (Å²) >= 11 is 6.76. The number of anilines is 1. The number of carbonyl (C=O) groups excluding carboxylic acids is 1. The number of nitrogens with zero attached hydrogens (tertiary/aromatic N) is 4. The molecule has 2 saturated heterocycles. The number of aromatic nitrogens is 2. The summed E-state index contributed by atoms with van der Waals surface area (Å²) in [7, 11) is 0. The Labute approximate surface area is 198 Å². The van der Waals surface area contributed by atoms with Crippen LogP contribution >= 0.6 is 24.0 Å². The lowest BCUT2D eigenvalue weighted by Crippen LogP contribution is -2.40. The summed E-state index contributed by atoms with van der Waals surface area (Å²) in [6, 6.07) is 3.86. The van der Waals surface area contributed by atoms with Crippen LogP contribution in [0.5, 0.6) is 0 Å². The minimum Gasteiger partial charge on any atom is -0.355 e. The van der Waals surface area contributed by atoms with Gasteiger partial charge in [-0.15, -0.1) is 0 Å². The maximum Gasteiger partial charge on any atom is 0.267 e. The van der Waals surface area contributed by atoms with Crippen LogP contribution in [0.2, 0.25) is 0 Å². The van der Waals surface area contributed by atoms with E-state index in [0.717, 1.165) is 31.5 Å². The maximum absolute atomic E-state index is 13.6. The molecule has 0 unspecified atom stereocenters. The van der Waals surface area contributed by atoms with Crippen LogP contribution in [-0.4, -0.2) is 43.6 Å². The van der Waals surface area contributed by atoms with Gasteiger partial charge in [-0.05, 0) is 56.2 Å². The Morgan fingerprint density at radius 2 is 1.94 bits per heavy atom. The van der Waals surface area contributed by atoms with Gasteiger partial charge in [-0.25, -0.2) is 4.98 Å². The van der Waals surface area contributed by atoms with Crippen molar-refractivity contribution in [2.24, 2.45) is 11.8 Å². The van der Waals surface area contributed by atoms with Crippen molar-refractivity contribution in [2.75, 3.05) is 18.0 Å². The number of hydrogen-bond donors (Lipinski definition) is 0. The number of thioether (sulfide) groups is 1. The Bertz CT molecular complexity index is 1160. The molecule has 170 valence electrons. The molecule has 2 aliphatic rings. The molecule has 4 rings (SSSR count). The normalized spacial score (nSPS) is 24.1. The molecule has 1 amide bonds. The van der Waals surface area contributed by atoms with Gasteiger partial charge in [0.05, 0.1) is 10.5 Å². The number of aryl methyl sites for hydroxylation is 1. The number of amides is 1. The summed E-state index contributed by atoms with van der Waals surface area (Å²) in [4.78, 5) is 36.0. The second-order valence-corrected chi connectivity index (χ2v) is 10.9. The number of piperidine rings is 1. The van der Waals surface area contributed by atoms with E-state index in [1.165, 1.54) is 11.8 Å². The molecule has 0 saturated carbocycles. The third kappa shape index (κ3) is 4.22. The van der Waals surface area contributed by atoms with Gasteiger partial charge in [0, 0.05) is 25.3 Å². The van der Waals surface area contributed by atoms with Crippen molar-refractivity contribution in [2.45, 2.75) is 53.5 Å².